The van der Waals surface area contributed by atoms with Crippen LogP contribution in [0.5, 0.6) is 5.75 Å². The van der Waals surface area contributed by atoms with Gasteiger partial charge in [0.2, 0.25) is 11.8 Å². The summed E-state index contributed by atoms with van der Waals surface area (Å²) in [6.07, 6.45) is 8.02. The number of halogens is 1. The second-order valence-electron chi connectivity index (χ2n) is 9.08. The van der Waals surface area contributed by atoms with Crippen LogP contribution in [0, 0.1) is 5.82 Å². The molecule has 0 aliphatic carbocycles. The molecule has 1 saturated heterocycles. The molecule has 3 aromatic rings. The van der Waals surface area contributed by atoms with Crippen LogP contribution in [0.15, 0.2) is 67.3 Å². The monoisotopic (exact) mass is 478 g/mol. The van der Waals surface area contributed by atoms with E-state index in [1.54, 1.807) is 24.7 Å². The van der Waals surface area contributed by atoms with Gasteiger partial charge in [-0.2, -0.15) is 0 Å². The van der Waals surface area contributed by atoms with Crippen LogP contribution in [0.4, 0.5) is 4.39 Å². The molecule has 184 valence electrons. The van der Waals surface area contributed by atoms with Gasteiger partial charge in [-0.15, -0.1) is 0 Å². The standard InChI is InChI=1S/C27H31FN4O3/c1-35-22-8-7-21(23(28)17-22)18-27(13-10-26(34)31-27)12-9-25(33)30-24(20-5-3-2-4-6-20)11-15-32-16-14-29-19-32/h2-8,14,16-17,19,24H,9-13,15,18H2,1H3,(H,30,33)(H,31,34)/t24-,27+/m0/s1. The fourth-order valence-corrected chi connectivity index (χ4v) is 4.67. The van der Waals surface area contributed by atoms with E-state index in [0.717, 1.165) is 12.1 Å². The molecule has 2 aromatic carbocycles. The highest BCUT2D eigenvalue weighted by molar-refractivity contribution is 5.80. The fraction of sp³-hybridized carbons (Fsp3) is 0.370. The third-order valence-electron chi connectivity index (χ3n) is 6.63. The highest BCUT2D eigenvalue weighted by Crippen LogP contribution is 2.31. The smallest absolute Gasteiger partial charge is 0.220 e. The zero-order chi connectivity index (χ0) is 24.7. The Morgan fingerprint density at radius 1 is 1.29 bits per heavy atom. The van der Waals surface area contributed by atoms with Gasteiger partial charge in [0.05, 0.1) is 19.5 Å². The molecule has 2 atom stereocenters. The summed E-state index contributed by atoms with van der Waals surface area (Å²) in [5, 5.41) is 6.19. The highest BCUT2D eigenvalue weighted by Gasteiger charge is 2.38. The van der Waals surface area contributed by atoms with E-state index < -0.39 is 5.54 Å². The van der Waals surface area contributed by atoms with Gasteiger partial charge < -0.3 is 19.9 Å². The maximum atomic E-state index is 14.6. The van der Waals surface area contributed by atoms with Crippen molar-refractivity contribution in [3.8, 4) is 5.75 Å². The molecule has 1 aliphatic rings. The zero-order valence-electron chi connectivity index (χ0n) is 19.9. The molecule has 2 amide bonds. The first-order chi connectivity index (χ1) is 17.0. The summed E-state index contributed by atoms with van der Waals surface area (Å²) < 4.78 is 21.7. The van der Waals surface area contributed by atoms with Crippen molar-refractivity contribution in [1.29, 1.82) is 0 Å². The van der Waals surface area contributed by atoms with Crippen LogP contribution >= 0.6 is 0 Å². The molecule has 0 saturated carbocycles. The van der Waals surface area contributed by atoms with Gasteiger partial charge in [0, 0.05) is 43.4 Å². The number of hydrogen-bond donors (Lipinski definition) is 2. The lowest BCUT2D eigenvalue weighted by Gasteiger charge is -2.30. The largest absolute Gasteiger partial charge is 0.497 e. The number of aryl methyl sites for hydroxylation is 1. The number of amides is 2. The summed E-state index contributed by atoms with van der Waals surface area (Å²) in [7, 11) is 1.49. The molecule has 0 unspecified atom stereocenters. The lowest BCUT2D eigenvalue weighted by Crippen LogP contribution is -2.45. The number of nitrogens with one attached hydrogen (secondary N) is 2. The summed E-state index contributed by atoms with van der Waals surface area (Å²) in [5.41, 5.74) is 0.879. The number of carbonyl (C=O) groups excluding carboxylic acids is 2. The number of hydrogen-bond acceptors (Lipinski definition) is 4. The summed E-state index contributed by atoms with van der Waals surface area (Å²) in [6, 6.07) is 14.5. The number of rotatable bonds is 11. The van der Waals surface area contributed by atoms with E-state index in [1.165, 1.54) is 13.2 Å². The van der Waals surface area contributed by atoms with Gasteiger partial charge >= 0.3 is 0 Å². The zero-order valence-corrected chi connectivity index (χ0v) is 19.9. The van der Waals surface area contributed by atoms with Gasteiger partial charge in [-0.25, -0.2) is 9.37 Å². The predicted octanol–water partition coefficient (Wildman–Crippen LogP) is 3.95. The van der Waals surface area contributed by atoms with Crippen molar-refractivity contribution >= 4 is 11.8 Å². The van der Waals surface area contributed by atoms with Crippen molar-refractivity contribution < 1.29 is 18.7 Å². The Morgan fingerprint density at radius 3 is 2.77 bits per heavy atom. The van der Waals surface area contributed by atoms with E-state index in [-0.39, 0.29) is 30.1 Å². The summed E-state index contributed by atoms with van der Waals surface area (Å²) in [5.74, 6) is -0.0993. The first kappa shape index (κ1) is 24.4. The Morgan fingerprint density at radius 2 is 2.11 bits per heavy atom. The molecule has 35 heavy (non-hydrogen) atoms. The first-order valence-electron chi connectivity index (χ1n) is 11.9. The van der Waals surface area contributed by atoms with E-state index >= 15 is 0 Å². The van der Waals surface area contributed by atoms with Crippen molar-refractivity contribution in [2.24, 2.45) is 0 Å². The minimum atomic E-state index is -0.650. The van der Waals surface area contributed by atoms with Crippen molar-refractivity contribution in [3.05, 3.63) is 84.2 Å². The van der Waals surface area contributed by atoms with E-state index in [0.29, 0.717) is 43.4 Å². The molecule has 0 bridgehead atoms. The molecule has 1 fully saturated rings. The van der Waals surface area contributed by atoms with Crippen molar-refractivity contribution in [1.82, 2.24) is 20.2 Å². The second kappa shape index (κ2) is 11.2. The third kappa shape index (κ3) is 6.47. The predicted molar refractivity (Wildman–Crippen MR) is 130 cm³/mol. The van der Waals surface area contributed by atoms with Crippen LogP contribution in [0.3, 0.4) is 0 Å². The van der Waals surface area contributed by atoms with Crippen LogP contribution in [0.1, 0.15) is 49.3 Å². The molecule has 1 aromatic heterocycles. The third-order valence-corrected chi connectivity index (χ3v) is 6.63. The molecule has 7 nitrogen and oxygen atoms in total. The van der Waals surface area contributed by atoms with Crippen LogP contribution in [-0.4, -0.2) is 34.0 Å². The second-order valence-corrected chi connectivity index (χ2v) is 9.08. The van der Waals surface area contributed by atoms with E-state index in [2.05, 4.69) is 15.6 Å². The van der Waals surface area contributed by atoms with Gasteiger partial charge in [-0.1, -0.05) is 36.4 Å². The minimum Gasteiger partial charge on any atom is -0.497 e. The number of ether oxygens (including phenoxy) is 1. The first-order valence-corrected chi connectivity index (χ1v) is 11.9. The molecule has 8 heteroatoms. The van der Waals surface area contributed by atoms with Crippen LogP contribution in [-0.2, 0) is 22.6 Å². The van der Waals surface area contributed by atoms with Crippen molar-refractivity contribution in [2.75, 3.05) is 7.11 Å². The molecule has 2 N–H and O–H groups in total. The Bertz CT molecular complexity index is 1140. The molecular formula is C27H31FN4O3. The SMILES string of the molecule is COc1ccc(C[C@@]2(CCC(=O)N[C@@H](CCn3ccnc3)c3ccccc3)CCC(=O)N2)c(F)c1. The minimum absolute atomic E-state index is 0.0678. The number of aromatic nitrogens is 2. The van der Waals surface area contributed by atoms with Crippen molar-refractivity contribution in [3.63, 3.8) is 0 Å². The van der Waals surface area contributed by atoms with Gasteiger partial charge in [-0.05, 0) is 42.9 Å². The maximum absolute atomic E-state index is 14.6. The molecule has 4 rings (SSSR count). The van der Waals surface area contributed by atoms with Gasteiger partial charge in [0.1, 0.15) is 11.6 Å². The molecule has 0 radical (unpaired) electrons. The Labute approximate surface area is 204 Å². The highest BCUT2D eigenvalue weighted by atomic mass is 19.1. The van der Waals surface area contributed by atoms with E-state index in [4.69, 9.17) is 4.74 Å². The maximum Gasteiger partial charge on any atom is 0.220 e. The van der Waals surface area contributed by atoms with E-state index in [9.17, 15) is 14.0 Å². The molecular weight excluding hydrogens is 447 g/mol. The van der Waals surface area contributed by atoms with Crippen LogP contribution in [0.2, 0.25) is 0 Å². The number of imidazole rings is 1. The molecule has 0 spiro atoms. The van der Waals surface area contributed by atoms with Gasteiger partial charge in [0.25, 0.3) is 0 Å². The average Bonchev–Trinajstić information content (AvgIpc) is 3.52. The van der Waals surface area contributed by atoms with E-state index in [1.807, 2.05) is 41.1 Å². The Hall–Kier alpha value is -3.68. The number of methoxy groups -OCH3 is 1. The summed E-state index contributed by atoms with van der Waals surface area (Å²) in [6.45, 7) is 0.719. The Balaban J connectivity index is 1.42. The number of carbonyl (C=O) groups is 2. The van der Waals surface area contributed by atoms with Crippen molar-refractivity contribution in [2.45, 2.75) is 56.7 Å². The topological polar surface area (TPSA) is 85.2 Å². The molecule has 2 heterocycles. The normalized spacial score (nSPS) is 18.2. The number of nitrogens with zero attached hydrogens (tertiary/aromatic N) is 2. The lowest BCUT2D eigenvalue weighted by molar-refractivity contribution is -0.123. The molecule has 1 aliphatic heterocycles. The fourth-order valence-electron chi connectivity index (χ4n) is 4.67. The van der Waals surface area contributed by atoms with Crippen LogP contribution < -0.4 is 15.4 Å². The lowest BCUT2D eigenvalue weighted by atomic mass is 9.84. The Kier molecular flexibility index (Phi) is 7.80. The van der Waals surface area contributed by atoms with Gasteiger partial charge in [-0.3, -0.25) is 9.59 Å². The van der Waals surface area contributed by atoms with Gasteiger partial charge in [0.15, 0.2) is 0 Å². The average molecular weight is 479 g/mol. The quantitative estimate of drug-likeness (QED) is 0.437. The number of benzene rings is 2. The summed E-state index contributed by atoms with van der Waals surface area (Å²) in [4.78, 5) is 29.2. The summed E-state index contributed by atoms with van der Waals surface area (Å²) >= 11 is 0. The van der Waals surface area contributed by atoms with Crippen LogP contribution in [0.25, 0.3) is 0 Å².